The van der Waals surface area contributed by atoms with Gasteiger partial charge in [-0.05, 0) is 0 Å². The predicted octanol–water partition coefficient (Wildman–Crippen LogP) is -0.215. The highest BCUT2D eigenvalue weighted by molar-refractivity contribution is 7.98. The molecule has 1 rings (SSSR count). The third-order valence-corrected chi connectivity index (χ3v) is 3.21. The summed E-state index contributed by atoms with van der Waals surface area (Å²) in [5, 5.41) is 22.8. The summed E-state index contributed by atoms with van der Waals surface area (Å²) in [6.45, 7) is 0.799. The van der Waals surface area contributed by atoms with Crippen molar-refractivity contribution >= 4 is 17.7 Å². The smallest absolute Gasteiger partial charge is 0.205 e. The fourth-order valence-corrected chi connectivity index (χ4v) is 2.15. The van der Waals surface area contributed by atoms with Gasteiger partial charge in [-0.1, -0.05) is 5.92 Å². The zero-order valence-corrected chi connectivity index (χ0v) is 11.7. The maximum Gasteiger partial charge on any atom is 0.205 e. The van der Waals surface area contributed by atoms with Crippen LogP contribution in [0.5, 0.6) is 0 Å². The summed E-state index contributed by atoms with van der Waals surface area (Å²) in [5.41, 5.74) is 1.59. The van der Waals surface area contributed by atoms with Crippen molar-refractivity contribution in [3.05, 3.63) is 17.7 Å². The number of hydrogen-bond donors (Lipinski definition) is 4. The first kappa shape index (κ1) is 15.9. The van der Waals surface area contributed by atoms with Gasteiger partial charge in [0.05, 0.1) is 37.4 Å². The van der Waals surface area contributed by atoms with Crippen LogP contribution in [-0.4, -0.2) is 39.9 Å². The van der Waals surface area contributed by atoms with Gasteiger partial charge in [0.1, 0.15) is 0 Å². The molecule has 0 unspecified atom stereocenters. The molecule has 8 heteroatoms. The van der Waals surface area contributed by atoms with Crippen LogP contribution in [0, 0.1) is 23.8 Å². The molecule has 0 amide bonds. The van der Waals surface area contributed by atoms with E-state index in [1.165, 1.54) is 0 Å². The van der Waals surface area contributed by atoms with Crippen LogP contribution >= 0.6 is 11.8 Å². The van der Waals surface area contributed by atoms with E-state index in [-0.39, 0.29) is 6.61 Å². The molecule has 106 valence electrons. The molecule has 1 heterocycles. The first-order valence-corrected chi connectivity index (χ1v) is 7.04. The van der Waals surface area contributed by atoms with E-state index in [0.29, 0.717) is 24.7 Å². The molecule has 0 aliphatic heterocycles. The quantitative estimate of drug-likeness (QED) is 0.138. The standard InChI is InChI=1S/C12H16N6OS/c1-2-3-14-12(16-8-13)15-4-5-20-7-11-10(6-19)17-9-18-11/h1,9,19H,3-7H2,(H,17,18)(H2,14,15,16). The SMILES string of the molecule is C#CCNC(=NCCSCc1[nH]cnc1CO)NC#N. The van der Waals surface area contributed by atoms with Crippen LogP contribution in [0.1, 0.15) is 11.4 Å². The van der Waals surface area contributed by atoms with Crippen LogP contribution in [-0.2, 0) is 12.4 Å². The fraction of sp³-hybridized carbons (Fsp3) is 0.417. The van der Waals surface area contributed by atoms with E-state index in [2.05, 4.69) is 31.5 Å². The molecule has 7 nitrogen and oxygen atoms in total. The number of terminal acetylenes is 1. The van der Waals surface area contributed by atoms with E-state index >= 15 is 0 Å². The number of thioether (sulfide) groups is 1. The number of guanidine groups is 1. The Labute approximate surface area is 121 Å². The van der Waals surface area contributed by atoms with Crippen molar-refractivity contribution in [2.75, 3.05) is 18.8 Å². The number of imidazole rings is 1. The summed E-state index contributed by atoms with van der Waals surface area (Å²) in [4.78, 5) is 11.2. The molecule has 0 bridgehead atoms. The molecule has 1 aromatic rings. The Hall–Kier alpha value is -2.16. The zero-order chi connectivity index (χ0) is 14.6. The first-order chi connectivity index (χ1) is 9.81. The van der Waals surface area contributed by atoms with Crippen molar-refractivity contribution in [3.63, 3.8) is 0 Å². The van der Waals surface area contributed by atoms with Gasteiger partial charge in [-0.3, -0.25) is 10.3 Å². The molecule has 0 atom stereocenters. The number of aliphatic hydroxyl groups is 1. The molecule has 0 aromatic carbocycles. The number of aromatic nitrogens is 2. The highest BCUT2D eigenvalue weighted by Crippen LogP contribution is 2.12. The topological polar surface area (TPSA) is 109 Å². The van der Waals surface area contributed by atoms with Crippen molar-refractivity contribution in [1.29, 1.82) is 5.26 Å². The summed E-state index contributed by atoms with van der Waals surface area (Å²) in [5.74, 6) is 4.29. The van der Waals surface area contributed by atoms with Crippen LogP contribution in [0.15, 0.2) is 11.3 Å². The molecule has 20 heavy (non-hydrogen) atoms. The van der Waals surface area contributed by atoms with Crippen molar-refractivity contribution in [2.24, 2.45) is 4.99 Å². The molecule has 0 aliphatic carbocycles. The van der Waals surface area contributed by atoms with E-state index in [1.807, 2.05) is 0 Å². The highest BCUT2D eigenvalue weighted by atomic mass is 32.2. The number of aliphatic hydroxyl groups excluding tert-OH is 1. The largest absolute Gasteiger partial charge is 0.390 e. The van der Waals surface area contributed by atoms with Crippen molar-refractivity contribution < 1.29 is 5.11 Å². The Balaban J connectivity index is 2.29. The number of aromatic amines is 1. The average molecular weight is 292 g/mol. The van der Waals surface area contributed by atoms with Gasteiger partial charge in [0.15, 0.2) is 6.19 Å². The van der Waals surface area contributed by atoms with Gasteiger partial charge in [-0.15, -0.1) is 6.42 Å². The Bertz CT molecular complexity index is 513. The second-order valence-corrected chi connectivity index (χ2v) is 4.67. The van der Waals surface area contributed by atoms with Crippen LogP contribution in [0.2, 0.25) is 0 Å². The molecular formula is C12H16N6OS. The van der Waals surface area contributed by atoms with Gasteiger partial charge in [0.2, 0.25) is 5.96 Å². The first-order valence-electron chi connectivity index (χ1n) is 5.88. The van der Waals surface area contributed by atoms with Crippen molar-refractivity contribution in [2.45, 2.75) is 12.4 Å². The molecule has 0 spiro atoms. The molecule has 0 radical (unpaired) electrons. The summed E-state index contributed by atoms with van der Waals surface area (Å²) in [6, 6.07) is 0. The van der Waals surface area contributed by atoms with Gasteiger partial charge in [0.25, 0.3) is 0 Å². The summed E-state index contributed by atoms with van der Waals surface area (Å²) in [7, 11) is 0. The summed E-state index contributed by atoms with van der Waals surface area (Å²) in [6.07, 6.45) is 8.48. The van der Waals surface area contributed by atoms with Gasteiger partial charge in [0, 0.05) is 11.5 Å². The number of nitrogens with zero attached hydrogens (tertiary/aromatic N) is 3. The lowest BCUT2D eigenvalue weighted by Gasteiger charge is -2.04. The number of aliphatic imine (C=N–C) groups is 1. The van der Waals surface area contributed by atoms with Crippen LogP contribution in [0.25, 0.3) is 0 Å². The molecule has 0 saturated heterocycles. The minimum atomic E-state index is -0.0657. The third-order valence-electron chi connectivity index (χ3n) is 2.24. The summed E-state index contributed by atoms with van der Waals surface area (Å²) < 4.78 is 0. The second kappa shape index (κ2) is 9.73. The molecule has 0 saturated carbocycles. The predicted molar refractivity (Wildman–Crippen MR) is 78.6 cm³/mol. The van der Waals surface area contributed by atoms with Crippen LogP contribution in [0.4, 0.5) is 0 Å². The maximum absolute atomic E-state index is 9.05. The van der Waals surface area contributed by atoms with Gasteiger partial charge < -0.3 is 15.4 Å². The maximum atomic E-state index is 9.05. The molecule has 0 aliphatic rings. The van der Waals surface area contributed by atoms with Crippen LogP contribution < -0.4 is 10.6 Å². The monoisotopic (exact) mass is 292 g/mol. The lowest BCUT2D eigenvalue weighted by molar-refractivity contribution is 0.276. The van der Waals surface area contributed by atoms with Gasteiger partial charge in [-0.2, -0.15) is 17.0 Å². The van der Waals surface area contributed by atoms with E-state index in [0.717, 1.165) is 17.2 Å². The number of nitriles is 1. The van der Waals surface area contributed by atoms with E-state index in [1.54, 1.807) is 24.3 Å². The van der Waals surface area contributed by atoms with E-state index < -0.39 is 0 Å². The minimum absolute atomic E-state index is 0.0657. The number of nitrogens with one attached hydrogen (secondary N) is 3. The van der Waals surface area contributed by atoms with Crippen LogP contribution in [0.3, 0.4) is 0 Å². The fourth-order valence-electron chi connectivity index (χ4n) is 1.33. The zero-order valence-electron chi connectivity index (χ0n) is 10.9. The van der Waals surface area contributed by atoms with Crippen molar-refractivity contribution in [3.8, 4) is 18.5 Å². The molecule has 0 fully saturated rings. The number of hydrogen-bond acceptors (Lipinski definition) is 5. The molecule has 1 aromatic heterocycles. The average Bonchev–Trinajstić information content (AvgIpc) is 2.91. The van der Waals surface area contributed by atoms with E-state index in [9.17, 15) is 0 Å². The number of H-pyrrole nitrogens is 1. The third kappa shape index (κ3) is 5.65. The number of rotatable bonds is 7. The Morgan fingerprint density at radius 1 is 1.65 bits per heavy atom. The van der Waals surface area contributed by atoms with Gasteiger partial charge in [-0.25, -0.2) is 4.98 Å². The second-order valence-electron chi connectivity index (χ2n) is 3.56. The highest BCUT2D eigenvalue weighted by Gasteiger charge is 2.03. The molecular weight excluding hydrogens is 276 g/mol. The minimum Gasteiger partial charge on any atom is -0.390 e. The molecule has 4 N–H and O–H groups in total. The Morgan fingerprint density at radius 2 is 2.50 bits per heavy atom. The normalized spacial score (nSPS) is 10.7. The Morgan fingerprint density at radius 3 is 3.20 bits per heavy atom. The van der Waals surface area contributed by atoms with Crippen molar-refractivity contribution in [1.82, 2.24) is 20.6 Å². The van der Waals surface area contributed by atoms with Gasteiger partial charge >= 0.3 is 0 Å². The lowest BCUT2D eigenvalue weighted by atomic mass is 10.4. The summed E-state index contributed by atoms with van der Waals surface area (Å²) >= 11 is 1.66. The van der Waals surface area contributed by atoms with E-state index in [4.69, 9.17) is 16.8 Å². The Kier molecular flexibility index (Phi) is 7.73. The lowest BCUT2D eigenvalue weighted by Crippen LogP contribution is -2.34.